The molecule has 0 saturated carbocycles. The Morgan fingerprint density at radius 3 is 2.22 bits per heavy atom. The molecule has 4 N–H and O–H groups in total. The minimum atomic E-state index is -0.410. The molecule has 0 spiro atoms. The number of benzene rings is 2. The molecule has 0 aliphatic carbocycles. The van der Waals surface area contributed by atoms with Gasteiger partial charge in [0.05, 0.1) is 5.56 Å². The molecule has 3 amide bonds. The highest BCUT2D eigenvalue weighted by Gasteiger charge is 2.10. The van der Waals surface area contributed by atoms with Gasteiger partial charge in [-0.1, -0.05) is 18.2 Å². The van der Waals surface area contributed by atoms with Gasteiger partial charge in [0.15, 0.2) is 0 Å². The summed E-state index contributed by atoms with van der Waals surface area (Å²) < 4.78 is 0. The van der Waals surface area contributed by atoms with E-state index in [0.717, 1.165) is 0 Å². The van der Waals surface area contributed by atoms with E-state index in [1.807, 2.05) is 0 Å². The van der Waals surface area contributed by atoms with E-state index in [-0.39, 0.29) is 17.3 Å². The quantitative estimate of drug-likeness (QED) is 0.640. The van der Waals surface area contributed by atoms with Crippen LogP contribution in [-0.4, -0.2) is 23.6 Å². The van der Waals surface area contributed by atoms with Crippen molar-refractivity contribution in [3.05, 3.63) is 66.7 Å². The summed E-state index contributed by atoms with van der Waals surface area (Å²) in [4.78, 5) is 23.5. The van der Waals surface area contributed by atoms with Crippen LogP contribution in [0.3, 0.4) is 0 Å². The van der Waals surface area contributed by atoms with Crippen molar-refractivity contribution in [3.8, 4) is 5.75 Å². The minimum absolute atomic E-state index is 0.0813. The van der Waals surface area contributed by atoms with Gasteiger partial charge in [0.25, 0.3) is 5.91 Å². The molecule has 0 aliphatic rings. The highest BCUT2D eigenvalue weighted by atomic mass is 16.3. The molecule has 2 rings (SSSR count). The van der Waals surface area contributed by atoms with Crippen molar-refractivity contribution in [2.45, 2.75) is 0 Å². The van der Waals surface area contributed by atoms with E-state index in [1.54, 1.807) is 42.5 Å². The SMILES string of the molecule is C=CCNC(=O)Nc1ccc(NC(=O)c2ccccc2O)cc1. The fourth-order valence-electron chi connectivity index (χ4n) is 1.84. The first-order valence-corrected chi connectivity index (χ1v) is 6.95. The van der Waals surface area contributed by atoms with Crippen molar-refractivity contribution in [2.75, 3.05) is 17.2 Å². The molecule has 23 heavy (non-hydrogen) atoms. The van der Waals surface area contributed by atoms with Crippen molar-refractivity contribution < 1.29 is 14.7 Å². The first kappa shape index (κ1) is 16.1. The lowest BCUT2D eigenvalue weighted by atomic mass is 10.2. The van der Waals surface area contributed by atoms with Crippen LogP contribution in [0.4, 0.5) is 16.2 Å². The molecule has 6 nitrogen and oxygen atoms in total. The Balaban J connectivity index is 1.97. The third-order valence-corrected chi connectivity index (χ3v) is 2.96. The highest BCUT2D eigenvalue weighted by Crippen LogP contribution is 2.19. The molecule has 0 heterocycles. The summed E-state index contributed by atoms with van der Waals surface area (Å²) in [5.41, 5.74) is 1.33. The van der Waals surface area contributed by atoms with E-state index in [9.17, 15) is 14.7 Å². The van der Waals surface area contributed by atoms with E-state index >= 15 is 0 Å². The van der Waals surface area contributed by atoms with Gasteiger partial charge in [-0.05, 0) is 36.4 Å². The molecule has 0 bridgehead atoms. The van der Waals surface area contributed by atoms with E-state index < -0.39 is 5.91 Å². The second kappa shape index (κ2) is 7.65. The number of phenols is 1. The lowest BCUT2D eigenvalue weighted by molar-refractivity contribution is 0.102. The monoisotopic (exact) mass is 311 g/mol. The van der Waals surface area contributed by atoms with Crippen LogP contribution >= 0.6 is 0 Å². The Morgan fingerprint density at radius 1 is 1.00 bits per heavy atom. The summed E-state index contributed by atoms with van der Waals surface area (Å²) >= 11 is 0. The van der Waals surface area contributed by atoms with Crippen molar-refractivity contribution >= 4 is 23.3 Å². The first-order valence-electron chi connectivity index (χ1n) is 6.95. The van der Waals surface area contributed by atoms with Crippen LogP contribution in [0.15, 0.2) is 61.2 Å². The Bertz CT molecular complexity index is 711. The van der Waals surface area contributed by atoms with Crippen LogP contribution in [0.25, 0.3) is 0 Å². The maximum absolute atomic E-state index is 12.1. The van der Waals surface area contributed by atoms with Crippen LogP contribution < -0.4 is 16.0 Å². The van der Waals surface area contributed by atoms with Gasteiger partial charge in [-0.15, -0.1) is 6.58 Å². The first-order chi connectivity index (χ1) is 11.1. The fraction of sp³-hybridized carbons (Fsp3) is 0.0588. The van der Waals surface area contributed by atoms with E-state index in [4.69, 9.17) is 0 Å². The predicted octanol–water partition coefficient (Wildman–Crippen LogP) is 2.95. The lowest BCUT2D eigenvalue weighted by Gasteiger charge is -2.09. The van der Waals surface area contributed by atoms with Crippen LogP contribution in [0.1, 0.15) is 10.4 Å². The maximum Gasteiger partial charge on any atom is 0.319 e. The number of nitrogens with one attached hydrogen (secondary N) is 3. The zero-order valence-corrected chi connectivity index (χ0v) is 12.4. The predicted molar refractivity (Wildman–Crippen MR) is 89.7 cm³/mol. The van der Waals surface area contributed by atoms with Gasteiger partial charge in [-0.25, -0.2) is 4.79 Å². The van der Waals surface area contributed by atoms with Gasteiger partial charge in [0.2, 0.25) is 0 Å². The van der Waals surface area contributed by atoms with Crippen molar-refractivity contribution in [1.82, 2.24) is 5.32 Å². The Labute approximate surface area is 133 Å². The average Bonchev–Trinajstić information content (AvgIpc) is 2.55. The third-order valence-electron chi connectivity index (χ3n) is 2.96. The molecule has 0 atom stereocenters. The van der Waals surface area contributed by atoms with Crippen LogP contribution in [0.2, 0.25) is 0 Å². The molecule has 2 aromatic carbocycles. The number of carbonyl (C=O) groups excluding carboxylic acids is 2. The normalized spacial score (nSPS) is 9.74. The summed E-state index contributed by atoms with van der Waals surface area (Å²) in [5, 5.41) is 17.6. The number of hydrogen-bond acceptors (Lipinski definition) is 3. The number of rotatable bonds is 5. The van der Waals surface area contributed by atoms with Gasteiger partial charge < -0.3 is 21.1 Å². The van der Waals surface area contributed by atoms with Gasteiger partial charge in [0, 0.05) is 17.9 Å². The Morgan fingerprint density at radius 2 is 1.61 bits per heavy atom. The van der Waals surface area contributed by atoms with Gasteiger partial charge in [-0.2, -0.15) is 0 Å². The number of hydrogen-bond donors (Lipinski definition) is 4. The molecule has 0 aromatic heterocycles. The number of phenolic OH excluding ortho intramolecular Hbond substituents is 1. The van der Waals surface area contributed by atoms with Crippen LogP contribution in [-0.2, 0) is 0 Å². The fourth-order valence-corrected chi connectivity index (χ4v) is 1.84. The molecule has 118 valence electrons. The second-order valence-electron chi connectivity index (χ2n) is 4.67. The molecule has 0 saturated heterocycles. The number of amides is 3. The largest absolute Gasteiger partial charge is 0.507 e. The Hall–Kier alpha value is -3.28. The Kier molecular flexibility index (Phi) is 5.35. The summed E-state index contributed by atoms with van der Waals surface area (Å²) in [7, 11) is 0. The summed E-state index contributed by atoms with van der Waals surface area (Å²) in [5.74, 6) is -0.491. The number of para-hydroxylation sites is 1. The number of carbonyl (C=O) groups is 2. The van der Waals surface area contributed by atoms with E-state index in [1.165, 1.54) is 12.1 Å². The average molecular weight is 311 g/mol. The van der Waals surface area contributed by atoms with Crippen LogP contribution in [0.5, 0.6) is 5.75 Å². The smallest absolute Gasteiger partial charge is 0.319 e. The number of aromatic hydroxyl groups is 1. The van der Waals surface area contributed by atoms with Crippen molar-refractivity contribution in [2.24, 2.45) is 0 Å². The third kappa shape index (κ3) is 4.60. The summed E-state index contributed by atoms with van der Waals surface area (Å²) in [6.07, 6.45) is 1.58. The molecule has 0 radical (unpaired) electrons. The van der Waals surface area contributed by atoms with Gasteiger partial charge in [0.1, 0.15) is 5.75 Å². The topological polar surface area (TPSA) is 90.5 Å². The van der Waals surface area contributed by atoms with Crippen LogP contribution in [0, 0.1) is 0 Å². The summed E-state index contributed by atoms with van der Waals surface area (Å²) in [6, 6.07) is 12.6. The van der Waals surface area contributed by atoms with Crippen molar-refractivity contribution in [1.29, 1.82) is 0 Å². The zero-order valence-electron chi connectivity index (χ0n) is 12.4. The molecular weight excluding hydrogens is 294 g/mol. The number of anilines is 2. The molecular formula is C17H17N3O3. The second-order valence-corrected chi connectivity index (χ2v) is 4.67. The molecule has 0 fully saturated rings. The standard InChI is InChI=1S/C17H17N3O3/c1-2-11-18-17(23)20-13-9-7-12(8-10-13)19-16(22)14-5-3-4-6-15(14)21/h2-10,21H,1,11H2,(H,19,22)(H2,18,20,23). The highest BCUT2D eigenvalue weighted by molar-refractivity contribution is 6.06. The molecule has 0 aliphatic heterocycles. The van der Waals surface area contributed by atoms with E-state index in [2.05, 4.69) is 22.5 Å². The van der Waals surface area contributed by atoms with Gasteiger partial charge in [-0.3, -0.25) is 4.79 Å². The molecule has 6 heteroatoms. The summed E-state index contributed by atoms with van der Waals surface area (Å²) in [6.45, 7) is 3.89. The van der Waals surface area contributed by atoms with E-state index in [0.29, 0.717) is 17.9 Å². The van der Waals surface area contributed by atoms with Gasteiger partial charge >= 0.3 is 6.03 Å². The minimum Gasteiger partial charge on any atom is -0.507 e. The zero-order chi connectivity index (χ0) is 16.7. The molecule has 2 aromatic rings. The maximum atomic E-state index is 12.1. The molecule has 0 unspecified atom stereocenters. The lowest BCUT2D eigenvalue weighted by Crippen LogP contribution is -2.28. The van der Waals surface area contributed by atoms with Crippen molar-refractivity contribution in [3.63, 3.8) is 0 Å². The number of urea groups is 1.